The lowest BCUT2D eigenvalue weighted by Crippen LogP contribution is -2.34. The van der Waals surface area contributed by atoms with Crippen LogP contribution in [0.5, 0.6) is 0 Å². The minimum absolute atomic E-state index is 0.0405. The number of rotatable bonds is 5. The molecule has 1 aromatic rings. The van der Waals surface area contributed by atoms with Crippen LogP contribution in [-0.2, 0) is 6.18 Å². The number of aromatic nitrogens is 2. The van der Waals surface area contributed by atoms with Crippen molar-refractivity contribution in [2.75, 3.05) is 23.3 Å². The van der Waals surface area contributed by atoms with Crippen molar-refractivity contribution in [2.24, 2.45) is 0 Å². The van der Waals surface area contributed by atoms with Crippen LogP contribution < -0.4 is 10.2 Å². The molecule has 7 heteroatoms. The Morgan fingerprint density at radius 2 is 1.90 bits per heavy atom. The predicted molar refractivity (Wildman–Crippen MR) is 76.5 cm³/mol. The van der Waals surface area contributed by atoms with Crippen molar-refractivity contribution < 1.29 is 13.2 Å². The van der Waals surface area contributed by atoms with Crippen LogP contribution in [0.2, 0.25) is 0 Å². The number of hydrogen-bond donors (Lipinski definition) is 1. The highest BCUT2D eigenvalue weighted by molar-refractivity contribution is 5.46. The molecule has 0 aromatic carbocycles. The van der Waals surface area contributed by atoms with Crippen LogP contribution in [0.15, 0.2) is 6.07 Å². The van der Waals surface area contributed by atoms with Crippen LogP contribution in [0.25, 0.3) is 0 Å². The quantitative estimate of drug-likeness (QED) is 0.900. The fourth-order valence-corrected chi connectivity index (χ4v) is 2.79. The van der Waals surface area contributed by atoms with E-state index in [9.17, 15) is 13.2 Å². The van der Waals surface area contributed by atoms with Gasteiger partial charge in [-0.15, -0.1) is 0 Å². The zero-order valence-corrected chi connectivity index (χ0v) is 12.4. The molecule has 21 heavy (non-hydrogen) atoms. The Labute approximate surface area is 122 Å². The Balaban J connectivity index is 2.37. The van der Waals surface area contributed by atoms with Crippen LogP contribution in [0, 0.1) is 0 Å². The van der Waals surface area contributed by atoms with Gasteiger partial charge in [0.05, 0.1) is 0 Å². The number of nitrogens with zero attached hydrogens (tertiary/aromatic N) is 3. The standard InChI is InChI=1S/C14H21F3N4/c1-3-18-13-19-11(14(15,16)17)9-12(20-13)21(4-2)10-7-5-6-8-10/h9-10H,3-8H2,1-2H3,(H,18,19,20). The van der Waals surface area contributed by atoms with E-state index in [2.05, 4.69) is 15.3 Å². The van der Waals surface area contributed by atoms with Gasteiger partial charge in [-0.05, 0) is 26.7 Å². The van der Waals surface area contributed by atoms with Gasteiger partial charge in [0.2, 0.25) is 5.95 Å². The maximum atomic E-state index is 13.0. The topological polar surface area (TPSA) is 41.1 Å². The van der Waals surface area contributed by atoms with Gasteiger partial charge >= 0.3 is 6.18 Å². The molecule has 1 aliphatic carbocycles. The van der Waals surface area contributed by atoms with Crippen molar-refractivity contribution in [2.45, 2.75) is 51.7 Å². The minimum atomic E-state index is -4.46. The van der Waals surface area contributed by atoms with Crippen LogP contribution in [-0.4, -0.2) is 29.1 Å². The van der Waals surface area contributed by atoms with Gasteiger partial charge in [0.1, 0.15) is 5.82 Å². The molecular formula is C14H21F3N4. The molecule has 2 rings (SSSR count). The smallest absolute Gasteiger partial charge is 0.354 e. The van der Waals surface area contributed by atoms with Crippen molar-refractivity contribution in [3.8, 4) is 0 Å². The molecule has 1 aromatic heterocycles. The maximum absolute atomic E-state index is 13.0. The molecule has 0 saturated heterocycles. The van der Waals surface area contributed by atoms with Gasteiger partial charge in [-0.3, -0.25) is 0 Å². The zero-order chi connectivity index (χ0) is 15.5. The number of hydrogen-bond acceptors (Lipinski definition) is 4. The zero-order valence-electron chi connectivity index (χ0n) is 12.4. The summed E-state index contributed by atoms with van der Waals surface area (Å²) in [6.07, 6.45) is -0.195. The van der Waals surface area contributed by atoms with E-state index in [0.29, 0.717) is 18.9 Å². The van der Waals surface area contributed by atoms with Crippen LogP contribution in [0.3, 0.4) is 0 Å². The van der Waals surface area contributed by atoms with E-state index in [4.69, 9.17) is 0 Å². The molecule has 0 atom stereocenters. The molecule has 0 radical (unpaired) electrons. The van der Waals surface area contributed by atoms with Crippen molar-refractivity contribution in [1.82, 2.24) is 9.97 Å². The molecule has 0 bridgehead atoms. The highest BCUT2D eigenvalue weighted by Gasteiger charge is 2.35. The second-order valence-electron chi connectivity index (χ2n) is 5.19. The Morgan fingerprint density at radius 1 is 1.24 bits per heavy atom. The maximum Gasteiger partial charge on any atom is 0.433 e. The number of halogens is 3. The molecule has 0 amide bonds. The second-order valence-corrected chi connectivity index (χ2v) is 5.19. The van der Waals surface area contributed by atoms with Crippen LogP contribution in [0.1, 0.15) is 45.2 Å². The SMILES string of the molecule is CCNc1nc(N(CC)C2CCCC2)cc(C(F)(F)F)n1. The van der Waals surface area contributed by atoms with Crippen molar-refractivity contribution >= 4 is 11.8 Å². The molecule has 118 valence electrons. The van der Waals surface area contributed by atoms with Gasteiger partial charge in [0.15, 0.2) is 5.69 Å². The highest BCUT2D eigenvalue weighted by atomic mass is 19.4. The van der Waals surface area contributed by atoms with Crippen molar-refractivity contribution in [3.63, 3.8) is 0 Å². The first-order chi connectivity index (χ1) is 9.95. The van der Waals surface area contributed by atoms with E-state index in [0.717, 1.165) is 31.7 Å². The van der Waals surface area contributed by atoms with E-state index in [-0.39, 0.29) is 12.0 Å². The Hall–Kier alpha value is -1.53. The van der Waals surface area contributed by atoms with E-state index in [1.54, 1.807) is 6.92 Å². The first-order valence-electron chi connectivity index (χ1n) is 7.42. The summed E-state index contributed by atoms with van der Waals surface area (Å²) in [6.45, 7) is 4.87. The fourth-order valence-electron chi connectivity index (χ4n) is 2.79. The summed E-state index contributed by atoms with van der Waals surface area (Å²) >= 11 is 0. The second kappa shape index (κ2) is 6.49. The van der Waals surface area contributed by atoms with Gasteiger partial charge in [-0.1, -0.05) is 12.8 Å². The molecule has 1 aliphatic rings. The lowest BCUT2D eigenvalue weighted by atomic mass is 10.2. The number of nitrogens with one attached hydrogen (secondary N) is 1. The molecule has 4 nitrogen and oxygen atoms in total. The Bertz CT molecular complexity index is 470. The fraction of sp³-hybridized carbons (Fsp3) is 0.714. The summed E-state index contributed by atoms with van der Waals surface area (Å²) in [4.78, 5) is 9.78. The molecule has 0 unspecified atom stereocenters. The van der Waals surface area contributed by atoms with Gasteiger partial charge in [-0.2, -0.15) is 18.2 Å². The van der Waals surface area contributed by atoms with E-state index in [1.165, 1.54) is 0 Å². The van der Waals surface area contributed by atoms with E-state index >= 15 is 0 Å². The highest BCUT2D eigenvalue weighted by Crippen LogP contribution is 2.33. The summed E-state index contributed by atoms with van der Waals surface area (Å²) in [5.41, 5.74) is -0.889. The Morgan fingerprint density at radius 3 is 2.43 bits per heavy atom. The molecule has 0 aliphatic heterocycles. The van der Waals surface area contributed by atoms with Crippen molar-refractivity contribution in [3.05, 3.63) is 11.8 Å². The lowest BCUT2D eigenvalue weighted by molar-refractivity contribution is -0.141. The predicted octanol–water partition coefficient (Wildman–Crippen LogP) is 3.70. The summed E-state index contributed by atoms with van der Waals surface area (Å²) in [5, 5.41) is 2.78. The molecule has 1 fully saturated rings. The third-order valence-corrected chi connectivity index (χ3v) is 3.74. The molecule has 1 saturated carbocycles. The molecular weight excluding hydrogens is 281 g/mol. The van der Waals surface area contributed by atoms with Crippen LogP contribution in [0.4, 0.5) is 24.9 Å². The lowest BCUT2D eigenvalue weighted by Gasteiger charge is -2.29. The molecule has 1 heterocycles. The van der Waals surface area contributed by atoms with Gasteiger partial charge in [0.25, 0.3) is 0 Å². The third-order valence-electron chi connectivity index (χ3n) is 3.74. The number of anilines is 2. The summed E-state index contributed by atoms with van der Waals surface area (Å²) in [5.74, 6) is 0.404. The molecule has 0 spiro atoms. The third kappa shape index (κ3) is 3.77. The average molecular weight is 302 g/mol. The number of alkyl halides is 3. The summed E-state index contributed by atoms with van der Waals surface area (Å²) < 4.78 is 39.0. The van der Waals surface area contributed by atoms with Gasteiger partial charge < -0.3 is 10.2 Å². The largest absolute Gasteiger partial charge is 0.433 e. The molecule has 1 N–H and O–H groups in total. The Kier molecular flexibility index (Phi) is 4.90. The summed E-state index contributed by atoms with van der Waals surface area (Å²) in [6, 6.07) is 1.34. The monoisotopic (exact) mass is 302 g/mol. The summed E-state index contributed by atoms with van der Waals surface area (Å²) in [7, 11) is 0. The normalized spacial score (nSPS) is 16.2. The first kappa shape index (κ1) is 15.9. The first-order valence-corrected chi connectivity index (χ1v) is 7.42. The average Bonchev–Trinajstić information content (AvgIpc) is 2.93. The van der Waals surface area contributed by atoms with Crippen molar-refractivity contribution in [1.29, 1.82) is 0 Å². The minimum Gasteiger partial charge on any atom is -0.354 e. The van der Waals surface area contributed by atoms with E-state index in [1.807, 2.05) is 11.8 Å². The van der Waals surface area contributed by atoms with Gasteiger partial charge in [-0.25, -0.2) is 4.98 Å². The van der Waals surface area contributed by atoms with Crippen LogP contribution >= 0.6 is 0 Å². The van der Waals surface area contributed by atoms with Gasteiger partial charge in [0, 0.05) is 25.2 Å². The van der Waals surface area contributed by atoms with E-state index < -0.39 is 11.9 Å².